The van der Waals surface area contributed by atoms with Gasteiger partial charge in [0.15, 0.2) is 5.96 Å². The summed E-state index contributed by atoms with van der Waals surface area (Å²) in [5.41, 5.74) is 0.568. The largest absolute Gasteiger partial charge is 0.359 e. The zero-order valence-corrected chi connectivity index (χ0v) is 17.5. The predicted octanol–water partition coefficient (Wildman–Crippen LogP) is 2.61. The van der Waals surface area contributed by atoms with Crippen molar-refractivity contribution in [1.82, 2.24) is 15.5 Å². The average molecular weight is 448 g/mol. The van der Waals surface area contributed by atoms with Crippen LogP contribution < -0.4 is 10.6 Å². The lowest BCUT2D eigenvalue weighted by atomic mass is 9.93. The highest BCUT2D eigenvalue weighted by Gasteiger charge is 2.53. The van der Waals surface area contributed by atoms with Crippen molar-refractivity contribution in [2.45, 2.75) is 51.9 Å². The summed E-state index contributed by atoms with van der Waals surface area (Å²) >= 11 is 0. The zero-order valence-electron chi connectivity index (χ0n) is 15.1. The molecule has 0 aromatic rings. The summed E-state index contributed by atoms with van der Waals surface area (Å²) in [6.45, 7) is 6.11. The van der Waals surface area contributed by atoms with E-state index >= 15 is 0 Å². The molecule has 3 fully saturated rings. The number of halogens is 1. The summed E-state index contributed by atoms with van der Waals surface area (Å²) in [7, 11) is 1.72. The molecule has 2 N–H and O–H groups in total. The van der Waals surface area contributed by atoms with Gasteiger partial charge in [-0.05, 0) is 62.7 Å². The van der Waals surface area contributed by atoms with Gasteiger partial charge in [-0.25, -0.2) is 0 Å². The van der Waals surface area contributed by atoms with E-state index in [0.717, 1.165) is 50.9 Å². The van der Waals surface area contributed by atoms with Gasteiger partial charge in [-0.2, -0.15) is 0 Å². The van der Waals surface area contributed by atoms with Crippen LogP contribution in [0, 0.1) is 17.3 Å². The number of piperidine rings is 1. The number of nitrogens with zero attached hydrogens (tertiary/aromatic N) is 2. The molecule has 0 aromatic carbocycles. The summed E-state index contributed by atoms with van der Waals surface area (Å²) in [5.74, 6) is 2.75. The number of nitrogens with one attached hydrogen (secondary N) is 2. The minimum Gasteiger partial charge on any atom is -0.359 e. The quantitative estimate of drug-likeness (QED) is 0.373. The molecule has 1 saturated heterocycles. The molecule has 1 amide bonds. The highest BCUT2D eigenvalue weighted by Crippen LogP contribution is 2.61. The Balaban J connectivity index is 0.00000208. The van der Waals surface area contributed by atoms with Gasteiger partial charge in [-0.1, -0.05) is 0 Å². The summed E-state index contributed by atoms with van der Waals surface area (Å²) in [6, 6.07) is 0. The van der Waals surface area contributed by atoms with E-state index < -0.39 is 0 Å². The topological polar surface area (TPSA) is 56.7 Å². The van der Waals surface area contributed by atoms with Gasteiger partial charge in [0.05, 0.1) is 0 Å². The van der Waals surface area contributed by atoms with Gasteiger partial charge in [0, 0.05) is 39.6 Å². The third kappa shape index (κ3) is 4.99. The molecule has 0 atom stereocenters. The van der Waals surface area contributed by atoms with E-state index in [2.05, 4.69) is 22.5 Å². The van der Waals surface area contributed by atoms with Gasteiger partial charge in [0.2, 0.25) is 5.91 Å². The smallest absolute Gasteiger partial charge is 0.220 e. The molecule has 24 heavy (non-hydrogen) atoms. The second-order valence-electron chi connectivity index (χ2n) is 7.61. The Morgan fingerprint density at radius 2 is 1.88 bits per heavy atom. The van der Waals surface area contributed by atoms with Crippen molar-refractivity contribution < 1.29 is 4.79 Å². The number of carbonyl (C=O) groups excluding carboxylic acids is 1. The summed E-state index contributed by atoms with van der Waals surface area (Å²) in [6.07, 6.45) is 8.47. The van der Waals surface area contributed by atoms with Crippen molar-refractivity contribution in [3.63, 3.8) is 0 Å². The van der Waals surface area contributed by atoms with E-state index in [-0.39, 0.29) is 29.9 Å². The van der Waals surface area contributed by atoms with Crippen molar-refractivity contribution >= 4 is 35.8 Å². The highest BCUT2D eigenvalue weighted by atomic mass is 127. The van der Waals surface area contributed by atoms with Crippen LogP contribution in [0.1, 0.15) is 51.9 Å². The number of guanidine groups is 1. The third-order valence-corrected chi connectivity index (χ3v) is 5.88. The van der Waals surface area contributed by atoms with E-state index in [1.807, 2.05) is 0 Å². The molecule has 5 nitrogen and oxygen atoms in total. The number of amides is 1. The Bertz CT molecular complexity index is 452. The van der Waals surface area contributed by atoms with Crippen LogP contribution in [0.3, 0.4) is 0 Å². The molecule has 0 aromatic heterocycles. The Hall–Kier alpha value is -0.530. The Morgan fingerprint density at radius 1 is 1.21 bits per heavy atom. The monoisotopic (exact) mass is 448 g/mol. The summed E-state index contributed by atoms with van der Waals surface area (Å²) in [5, 5.41) is 6.21. The molecule has 3 rings (SSSR count). The predicted molar refractivity (Wildman–Crippen MR) is 109 cm³/mol. The maximum atomic E-state index is 11.5. The normalized spacial score (nSPS) is 23.4. The van der Waals surface area contributed by atoms with Crippen molar-refractivity contribution in [1.29, 1.82) is 0 Å². The lowest BCUT2D eigenvalue weighted by Crippen LogP contribution is -2.46. The fourth-order valence-corrected chi connectivity index (χ4v) is 3.92. The van der Waals surface area contributed by atoms with Gasteiger partial charge in [-0.3, -0.25) is 9.79 Å². The molecule has 3 aliphatic rings. The Labute approximate surface area is 163 Å². The molecule has 0 radical (unpaired) electrons. The number of hydrogen-bond acceptors (Lipinski definition) is 2. The number of likely N-dealkylation sites (tertiary alicyclic amines) is 1. The van der Waals surface area contributed by atoms with Crippen LogP contribution in [0.25, 0.3) is 0 Å². The van der Waals surface area contributed by atoms with Crippen LogP contribution in [0.4, 0.5) is 0 Å². The van der Waals surface area contributed by atoms with Crippen molar-refractivity contribution in [2.24, 2.45) is 22.2 Å². The first-order valence-electron chi connectivity index (χ1n) is 9.40. The molecular weight excluding hydrogens is 415 g/mol. The van der Waals surface area contributed by atoms with Crippen LogP contribution in [-0.2, 0) is 4.79 Å². The van der Waals surface area contributed by atoms with Gasteiger partial charge < -0.3 is 15.5 Å². The molecule has 0 unspecified atom stereocenters. The van der Waals surface area contributed by atoms with E-state index in [1.54, 1.807) is 7.05 Å². The number of rotatable bonds is 6. The molecule has 0 spiro atoms. The highest BCUT2D eigenvalue weighted by molar-refractivity contribution is 14.0. The summed E-state index contributed by atoms with van der Waals surface area (Å²) in [4.78, 5) is 18.9. The van der Waals surface area contributed by atoms with Crippen LogP contribution in [0.15, 0.2) is 4.99 Å². The number of carbonyl (C=O) groups is 1. The van der Waals surface area contributed by atoms with Crippen molar-refractivity contribution in [3.8, 4) is 0 Å². The molecule has 138 valence electrons. The maximum Gasteiger partial charge on any atom is 0.220 e. The first-order valence-corrected chi connectivity index (χ1v) is 9.40. The standard InChI is InChI=1S/C18H32N4O.HI/c1-3-20-17(21-13-18(8-9-18)15-4-5-15)22-10-6-14(7-11-22)12-16(23)19-2;/h14-15H,3-13H2,1-2H3,(H,19,23)(H,20,21);1H. The number of hydrogen-bond donors (Lipinski definition) is 2. The molecule has 1 aliphatic heterocycles. The number of aliphatic imine (C=N–C) groups is 1. The second-order valence-corrected chi connectivity index (χ2v) is 7.61. The molecule has 6 heteroatoms. The minimum absolute atomic E-state index is 0. The molecule has 2 saturated carbocycles. The Morgan fingerprint density at radius 3 is 2.38 bits per heavy atom. The fraction of sp³-hybridized carbons (Fsp3) is 0.889. The lowest BCUT2D eigenvalue weighted by molar-refractivity contribution is -0.121. The third-order valence-electron chi connectivity index (χ3n) is 5.88. The zero-order chi connectivity index (χ0) is 16.3. The lowest BCUT2D eigenvalue weighted by Gasteiger charge is -2.34. The molecular formula is C18H33IN4O. The van der Waals surface area contributed by atoms with E-state index in [0.29, 0.717) is 17.8 Å². The van der Waals surface area contributed by atoms with Crippen LogP contribution in [0.5, 0.6) is 0 Å². The molecule has 0 bridgehead atoms. The van der Waals surface area contributed by atoms with Gasteiger partial charge in [-0.15, -0.1) is 24.0 Å². The van der Waals surface area contributed by atoms with E-state index in [9.17, 15) is 4.79 Å². The first kappa shape index (κ1) is 19.8. The fourth-order valence-electron chi connectivity index (χ4n) is 3.92. The van der Waals surface area contributed by atoms with Gasteiger partial charge in [0.25, 0.3) is 0 Å². The molecule has 2 aliphatic carbocycles. The molecule has 1 heterocycles. The average Bonchev–Trinajstić information content (AvgIpc) is 3.45. The second kappa shape index (κ2) is 8.72. The van der Waals surface area contributed by atoms with Crippen LogP contribution in [0.2, 0.25) is 0 Å². The van der Waals surface area contributed by atoms with E-state index in [1.165, 1.54) is 25.7 Å². The Kier molecular flexibility index (Phi) is 7.19. The van der Waals surface area contributed by atoms with Crippen LogP contribution >= 0.6 is 24.0 Å². The van der Waals surface area contributed by atoms with Crippen LogP contribution in [-0.4, -0.2) is 50.0 Å². The van der Waals surface area contributed by atoms with Crippen molar-refractivity contribution in [3.05, 3.63) is 0 Å². The SMILES string of the molecule is CCNC(=NCC1(C2CC2)CC1)N1CCC(CC(=O)NC)CC1.I. The minimum atomic E-state index is 0. The van der Waals surface area contributed by atoms with E-state index in [4.69, 9.17) is 4.99 Å². The first-order chi connectivity index (χ1) is 11.2. The summed E-state index contributed by atoms with van der Waals surface area (Å²) < 4.78 is 0. The maximum absolute atomic E-state index is 11.5. The van der Waals surface area contributed by atoms with Gasteiger partial charge >= 0.3 is 0 Å². The van der Waals surface area contributed by atoms with Crippen molar-refractivity contribution in [2.75, 3.05) is 33.2 Å². The van der Waals surface area contributed by atoms with Gasteiger partial charge in [0.1, 0.15) is 0 Å².